The molecular formula is C23H18F6S. The van der Waals surface area contributed by atoms with Crippen LogP contribution in [0.3, 0.4) is 0 Å². The standard InChI is InChI=1S/C23H18F6S/c1-2-3-15-4-6-16(7-5-15)17-8-13-20(21(24)14-17)23(28,29)30-19-11-9-18(10-12-19)22(25,26)27/h4-14H,2-3H2,1H3. The molecule has 0 fully saturated rings. The summed E-state index contributed by atoms with van der Waals surface area (Å²) in [4.78, 5) is -0.0945. The van der Waals surface area contributed by atoms with Gasteiger partial charge in [-0.3, -0.25) is 0 Å². The molecule has 0 spiro atoms. The molecule has 0 atom stereocenters. The number of benzene rings is 3. The first kappa shape index (κ1) is 22.3. The van der Waals surface area contributed by atoms with E-state index in [1.807, 2.05) is 24.3 Å². The fraction of sp³-hybridized carbons (Fsp3) is 0.217. The lowest BCUT2D eigenvalue weighted by molar-refractivity contribution is -0.137. The number of aryl methyl sites for hydroxylation is 1. The second-order valence-electron chi connectivity index (χ2n) is 6.78. The number of rotatable bonds is 6. The van der Waals surface area contributed by atoms with E-state index >= 15 is 0 Å². The number of alkyl halides is 5. The highest BCUT2D eigenvalue weighted by atomic mass is 32.2. The third kappa shape index (κ3) is 5.19. The van der Waals surface area contributed by atoms with Gasteiger partial charge in [-0.1, -0.05) is 43.7 Å². The Morgan fingerprint density at radius 2 is 1.37 bits per heavy atom. The fourth-order valence-corrected chi connectivity index (χ4v) is 3.84. The monoisotopic (exact) mass is 440 g/mol. The Morgan fingerprint density at radius 3 is 1.90 bits per heavy atom. The van der Waals surface area contributed by atoms with E-state index in [1.165, 1.54) is 6.07 Å². The lowest BCUT2D eigenvalue weighted by Crippen LogP contribution is -2.11. The Labute approximate surface area is 174 Å². The molecule has 30 heavy (non-hydrogen) atoms. The summed E-state index contributed by atoms with van der Waals surface area (Å²) in [5.41, 5.74) is 0.556. The molecule has 0 saturated heterocycles. The van der Waals surface area contributed by atoms with Crippen LogP contribution in [0.2, 0.25) is 0 Å². The molecule has 0 heterocycles. The molecule has 0 saturated carbocycles. The lowest BCUT2D eigenvalue weighted by atomic mass is 10.0. The summed E-state index contributed by atoms with van der Waals surface area (Å²) in [6, 6.07) is 14.3. The molecule has 158 valence electrons. The van der Waals surface area contributed by atoms with E-state index in [0.29, 0.717) is 11.1 Å². The van der Waals surface area contributed by atoms with Crippen LogP contribution in [-0.2, 0) is 17.9 Å². The van der Waals surface area contributed by atoms with E-state index in [9.17, 15) is 26.3 Å². The van der Waals surface area contributed by atoms with Crippen molar-refractivity contribution < 1.29 is 26.3 Å². The summed E-state index contributed by atoms with van der Waals surface area (Å²) < 4.78 is 81.6. The molecule has 0 bridgehead atoms. The molecule has 0 unspecified atom stereocenters. The molecule has 0 radical (unpaired) electrons. The van der Waals surface area contributed by atoms with Crippen molar-refractivity contribution >= 4 is 11.8 Å². The second-order valence-corrected chi connectivity index (χ2v) is 7.97. The Bertz CT molecular complexity index is 992. The van der Waals surface area contributed by atoms with Crippen LogP contribution in [0.5, 0.6) is 0 Å². The minimum absolute atomic E-state index is 0.000888. The van der Waals surface area contributed by atoms with Gasteiger partial charge in [0.15, 0.2) is 0 Å². The van der Waals surface area contributed by atoms with Crippen LogP contribution in [-0.4, -0.2) is 0 Å². The van der Waals surface area contributed by atoms with E-state index in [-0.39, 0.29) is 16.7 Å². The molecule has 7 heteroatoms. The van der Waals surface area contributed by atoms with Gasteiger partial charge in [0, 0.05) is 4.90 Å². The van der Waals surface area contributed by atoms with E-state index in [1.54, 1.807) is 0 Å². The van der Waals surface area contributed by atoms with Crippen molar-refractivity contribution in [3.8, 4) is 11.1 Å². The van der Waals surface area contributed by atoms with Crippen molar-refractivity contribution in [2.45, 2.75) is 36.1 Å². The van der Waals surface area contributed by atoms with Gasteiger partial charge >= 0.3 is 11.4 Å². The third-order valence-corrected chi connectivity index (χ3v) is 5.52. The highest BCUT2D eigenvalue weighted by molar-refractivity contribution is 8.00. The highest BCUT2D eigenvalue weighted by Crippen LogP contribution is 2.46. The maximum atomic E-state index is 14.6. The predicted octanol–water partition coefficient (Wildman–Crippen LogP) is 8.31. The van der Waals surface area contributed by atoms with E-state index < -0.39 is 28.4 Å². The smallest absolute Gasteiger partial charge is 0.206 e. The van der Waals surface area contributed by atoms with Crippen LogP contribution in [0.15, 0.2) is 71.6 Å². The molecule has 0 nitrogen and oxygen atoms in total. The molecular weight excluding hydrogens is 422 g/mol. The van der Waals surface area contributed by atoms with Gasteiger partial charge in [-0.25, -0.2) is 4.39 Å². The third-order valence-electron chi connectivity index (χ3n) is 4.54. The van der Waals surface area contributed by atoms with Crippen molar-refractivity contribution in [1.29, 1.82) is 0 Å². The molecule has 0 aliphatic carbocycles. The van der Waals surface area contributed by atoms with Gasteiger partial charge in [0.1, 0.15) is 5.82 Å². The van der Waals surface area contributed by atoms with Crippen molar-refractivity contribution in [3.05, 3.63) is 89.2 Å². The highest BCUT2D eigenvalue weighted by Gasteiger charge is 2.37. The van der Waals surface area contributed by atoms with Gasteiger partial charge in [0.2, 0.25) is 0 Å². The van der Waals surface area contributed by atoms with Gasteiger partial charge in [0.05, 0.1) is 11.1 Å². The van der Waals surface area contributed by atoms with Gasteiger partial charge in [-0.15, -0.1) is 0 Å². The molecule has 0 aromatic heterocycles. The maximum Gasteiger partial charge on any atom is 0.416 e. The largest absolute Gasteiger partial charge is 0.416 e. The lowest BCUT2D eigenvalue weighted by Gasteiger charge is -2.18. The maximum absolute atomic E-state index is 14.6. The van der Waals surface area contributed by atoms with Crippen LogP contribution < -0.4 is 0 Å². The zero-order chi connectivity index (χ0) is 21.9. The van der Waals surface area contributed by atoms with Gasteiger partial charge < -0.3 is 0 Å². The summed E-state index contributed by atoms with van der Waals surface area (Å²) in [5, 5.41) is -3.65. The normalized spacial score (nSPS) is 12.2. The number of hydrogen-bond donors (Lipinski definition) is 0. The van der Waals surface area contributed by atoms with Crippen LogP contribution in [0, 0.1) is 5.82 Å². The first-order valence-corrected chi connectivity index (χ1v) is 10.1. The molecule has 0 amide bonds. The van der Waals surface area contributed by atoms with E-state index in [4.69, 9.17) is 0 Å². The topological polar surface area (TPSA) is 0 Å². The second kappa shape index (κ2) is 8.76. The van der Waals surface area contributed by atoms with Crippen LogP contribution in [0.1, 0.15) is 30.0 Å². The van der Waals surface area contributed by atoms with Crippen LogP contribution in [0.25, 0.3) is 11.1 Å². The van der Waals surface area contributed by atoms with Crippen molar-refractivity contribution in [2.24, 2.45) is 0 Å². The fourth-order valence-electron chi connectivity index (χ4n) is 3.00. The molecule has 0 aliphatic rings. The van der Waals surface area contributed by atoms with Crippen molar-refractivity contribution in [1.82, 2.24) is 0 Å². The van der Waals surface area contributed by atoms with Crippen molar-refractivity contribution in [2.75, 3.05) is 0 Å². The first-order chi connectivity index (χ1) is 14.1. The summed E-state index contributed by atoms with van der Waals surface area (Å²) in [6.07, 6.45) is -2.64. The Hall–Kier alpha value is -2.41. The van der Waals surface area contributed by atoms with E-state index in [2.05, 4.69) is 6.92 Å². The number of hydrogen-bond acceptors (Lipinski definition) is 1. The average molecular weight is 440 g/mol. The average Bonchev–Trinajstić information content (AvgIpc) is 2.68. The molecule has 0 N–H and O–H groups in total. The van der Waals surface area contributed by atoms with Gasteiger partial charge in [-0.05, 0) is 71.3 Å². The predicted molar refractivity (Wildman–Crippen MR) is 107 cm³/mol. The summed E-state index contributed by atoms with van der Waals surface area (Å²) in [6.45, 7) is 2.06. The summed E-state index contributed by atoms with van der Waals surface area (Å²) in [7, 11) is 0. The van der Waals surface area contributed by atoms with Crippen molar-refractivity contribution in [3.63, 3.8) is 0 Å². The van der Waals surface area contributed by atoms with Gasteiger partial charge in [0.25, 0.3) is 0 Å². The van der Waals surface area contributed by atoms with Gasteiger partial charge in [-0.2, -0.15) is 22.0 Å². The van der Waals surface area contributed by atoms with Crippen LogP contribution in [0.4, 0.5) is 26.3 Å². The SMILES string of the molecule is CCCc1ccc(-c2ccc(C(F)(F)Sc3ccc(C(F)(F)F)cc3)c(F)c2)cc1. The van der Waals surface area contributed by atoms with E-state index in [0.717, 1.165) is 54.8 Å². The Kier molecular flexibility index (Phi) is 6.50. The molecule has 0 aliphatic heterocycles. The molecule has 3 aromatic carbocycles. The quantitative estimate of drug-likeness (QED) is 0.274. The summed E-state index contributed by atoms with van der Waals surface area (Å²) in [5.74, 6) is -1.07. The minimum Gasteiger partial charge on any atom is -0.206 e. The van der Waals surface area contributed by atoms with Crippen LogP contribution >= 0.6 is 11.8 Å². The zero-order valence-electron chi connectivity index (χ0n) is 15.9. The molecule has 3 rings (SSSR count). The zero-order valence-corrected chi connectivity index (χ0v) is 16.8. The number of halogens is 6. The number of thioether (sulfide) groups is 1. The Morgan fingerprint density at radius 1 is 0.767 bits per heavy atom. The first-order valence-electron chi connectivity index (χ1n) is 9.23. The minimum atomic E-state index is -4.55. The Balaban J connectivity index is 1.80. The summed E-state index contributed by atoms with van der Waals surface area (Å²) >= 11 is 0.000888. The molecule has 3 aromatic rings.